The van der Waals surface area contributed by atoms with Gasteiger partial charge < -0.3 is 10.6 Å². The summed E-state index contributed by atoms with van der Waals surface area (Å²) in [7, 11) is 4.38. The molecule has 3 nitrogen and oxygen atoms in total. The van der Waals surface area contributed by atoms with Crippen LogP contribution in [0.5, 0.6) is 0 Å². The molecule has 2 rings (SSSR count). The second-order valence-corrected chi connectivity index (χ2v) is 7.43. The number of likely N-dealkylation sites (N-methyl/N-ethyl adjacent to an activating group) is 1. The Kier molecular flexibility index (Phi) is 5.27. The SMILES string of the molecule is CC1CCCC(CN)(CN2CCCC2CN(C)C)C1. The van der Waals surface area contributed by atoms with Crippen LogP contribution in [0.2, 0.25) is 0 Å². The lowest BCUT2D eigenvalue weighted by Crippen LogP contribution is -2.48. The van der Waals surface area contributed by atoms with E-state index in [9.17, 15) is 0 Å². The van der Waals surface area contributed by atoms with Gasteiger partial charge in [0, 0.05) is 19.1 Å². The summed E-state index contributed by atoms with van der Waals surface area (Å²) < 4.78 is 0. The normalized spacial score (nSPS) is 37.1. The summed E-state index contributed by atoms with van der Waals surface area (Å²) in [4.78, 5) is 5.08. The number of hydrogen-bond donors (Lipinski definition) is 1. The van der Waals surface area contributed by atoms with E-state index in [0.717, 1.165) is 18.5 Å². The van der Waals surface area contributed by atoms with Gasteiger partial charge in [-0.2, -0.15) is 0 Å². The van der Waals surface area contributed by atoms with Gasteiger partial charge >= 0.3 is 0 Å². The second-order valence-electron chi connectivity index (χ2n) is 7.43. The Hall–Kier alpha value is -0.120. The fourth-order valence-corrected chi connectivity index (χ4v) is 4.32. The summed E-state index contributed by atoms with van der Waals surface area (Å²) in [5, 5.41) is 0. The third kappa shape index (κ3) is 3.93. The van der Waals surface area contributed by atoms with Crippen molar-refractivity contribution in [3.05, 3.63) is 0 Å². The molecule has 0 amide bonds. The zero-order valence-electron chi connectivity index (χ0n) is 13.2. The molecule has 0 aromatic carbocycles. The lowest BCUT2D eigenvalue weighted by molar-refractivity contribution is 0.0753. The van der Waals surface area contributed by atoms with Crippen molar-refractivity contribution < 1.29 is 0 Å². The largest absolute Gasteiger partial charge is 0.330 e. The maximum Gasteiger partial charge on any atom is 0.0223 e. The van der Waals surface area contributed by atoms with Crippen LogP contribution in [0.3, 0.4) is 0 Å². The highest BCUT2D eigenvalue weighted by Gasteiger charge is 2.38. The smallest absolute Gasteiger partial charge is 0.0223 e. The lowest BCUT2D eigenvalue weighted by Gasteiger charge is -2.43. The molecule has 0 spiro atoms. The minimum Gasteiger partial charge on any atom is -0.330 e. The quantitative estimate of drug-likeness (QED) is 0.828. The van der Waals surface area contributed by atoms with Crippen LogP contribution in [0.25, 0.3) is 0 Å². The van der Waals surface area contributed by atoms with E-state index in [0.29, 0.717) is 5.41 Å². The molecule has 112 valence electrons. The zero-order chi connectivity index (χ0) is 13.9. The fourth-order valence-electron chi connectivity index (χ4n) is 4.32. The molecule has 2 fully saturated rings. The van der Waals surface area contributed by atoms with Crippen molar-refractivity contribution in [3.63, 3.8) is 0 Å². The molecule has 0 aromatic heterocycles. The van der Waals surface area contributed by atoms with Crippen molar-refractivity contribution in [1.29, 1.82) is 0 Å². The van der Waals surface area contributed by atoms with Gasteiger partial charge in [0.15, 0.2) is 0 Å². The van der Waals surface area contributed by atoms with Crippen molar-refractivity contribution in [2.75, 3.05) is 40.3 Å². The van der Waals surface area contributed by atoms with E-state index >= 15 is 0 Å². The lowest BCUT2D eigenvalue weighted by atomic mass is 9.69. The van der Waals surface area contributed by atoms with Gasteiger partial charge in [-0.3, -0.25) is 4.90 Å². The molecule has 0 radical (unpaired) electrons. The first-order chi connectivity index (χ1) is 9.04. The standard InChI is InChI=1S/C16H33N3/c1-14-6-4-8-16(10-14,12-17)13-19-9-5-7-15(19)11-18(2)3/h14-15H,4-13,17H2,1-3H3. The van der Waals surface area contributed by atoms with Crippen molar-refractivity contribution >= 4 is 0 Å². The van der Waals surface area contributed by atoms with Gasteiger partial charge in [0.2, 0.25) is 0 Å². The molecule has 2 N–H and O–H groups in total. The van der Waals surface area contributed by atoms with Crippen LogP contribution in [0.4, 0.5) is 0 Å². The molecule has 19 heavy (non-hydrogen) atoms. The number of hydrogen-bond acceptors (Lipinski definition) is 3. The van der Waals surface area contributed by atoms with Gasteiger partial charge in [0.05, 0.1) is 0 Å². The second kappa shape index (κ2) is 6.55. The van der Waals surface area contributed by atoms with Crippen LogP contribution in [-0.4, -0.2) is 56.1 Å². The van der Waals surface area contributed by atoms with Crippen molar-refractivity contribution in [1.82, 2.24) is 9.80 Å². The molecule has 1 saturated carbocycles. The Morgan fingerprint density at radius 3 is 2.68 bits per heavy atom. The first-order valence-corrected chi connectivity index (χ1v) is 8.13. The summed E-state index contributed by atoms with van der Waals surface area (Å²) in [6, 6.07) is 0.760. The highest BCUT2D eigenvalue weighted by molar-refractivity contribution is 4.92. The molecular weight excluding hydrogens is 234 g/mol. The Balaban J connectivity index is 1.96. The fraction of sp³-hybridized carbons (Fsp3) is 1.00. The third-order valence-corrected chi connectivity index (χ3v) is 5.23. The summed E-state index contributed by atoms with van der Waals surface area (Å²) in [5.74, 6) is 0.868. The third-order valence-electron chi connectivity index (χ3n) is 5.23. The molecule has 1 aliphatic heterocycles. The van der Waals surface area contributed by atoms with Gasteiger partial charge in [-0.05, 0) is 64.2 Å². The Labute approximate surface area is 119 Å². The van der Waals surface area contributed by atoms with E-state index in [1.165, 1.54) is 58.2 Å². The first-order valence-electron chi connectivity index (χ1n) is 8.13. The van der Waals surface area contributed by atoms with Crippen LogP contribution in [0, 0.1) is 11.3 Å². The molecular formula is C16H33N3. The predicted molar refractivity (Wildman–Crippen MR) is 82.3 cm³/mol. The highest BCUT2D eigenvalue weighted by atomic mass is 15.2. The van der Waals surface area contributed by atoms with Crippen LogP contribution >= 0.6 is 0 Å². The van der Waals surface area contributed by atoms with E-state index in [2.05, 4.69) is 30.8 Å². The molecule has 1 aliphatic carbocycles. The molecule has 3 heteroatoms. The van der Waals surface area contributed by atoms with Crippen LogP contribution in [0.1, 0.15) is 45.4 Å². The first kappa shape index (κ1) is 15.3. The van der Waals surface area contributed by atoms with E-state index < -0.39 is 0 Å². The zero-order valence-corrected chi connectivity index (χ0v) is 13.2. The number of rotatable bonds is 5. The minimum atomic E-state index is 0.409. The molecule has 3 unspecified atom stereocenters. The van der Waals surface area contributed by atoms with E-state index in [1.807, 2.05) is 0 Å². The molecule has 0 aromatic rings. The summed E-state index contributed by atoms with van der Waals surface area (Å²) in [6.45, 7) is 7.02. The average Bonchev–Trinajstić information content (AvgIpc) is 2.75. The molecule has 3 atom stereocenters. The van der Waals surface area contributed by atoms with Gasteiger partial charge in [-0.1, -0.05) is 19.8 Å². The monoisotopic (exact) mass is 267 g/mol. The predicted octanol–water partition coefficient (Wildman–Crippen LogP) is 2.17. The van der Waals surface area contributed by atoms with Gasteiger partial charge in [0.25, 0.3) is 0 Å². The van der Waals surface area contributed by atoms with Crippen LogP contribution in [-0.2, 0) is 0 Å². The summed E-state index contributed by atoms with van der Waals surface area (Å²) in [6.07, 6.45) is 8.21. The maximum atomic E-state index is 6.19. The molecule has 1 saturated heterocycles. The van der Waals surface area contributed by atoms with Crippen LogP contribution in [0.15, 0.2) is 0 Å². The van der Waals surface area contributed by atoms with Crippen LogP contribution < -0.4 is 5.73 Å². The number of likely N-dealkylation sites (tertiary alicyclic amines) is 1. The molecule has 1 heterocycles. The van der Waals surface area contributed by atoms with E-state index in [-0.39, 0.29) is 0 Å². The Morgan fingerprint density at radius 1 is 1.26 bits per heavy atom. The van der Waals surface area contributed by atoms with Crippen molar-refractivity contribution in [2.45, 2.75) is 51.5 Å². The minimum absolute atomic E-state index is 0.409. The number of nitrogens with zero attached hydrogens (tertiary/aromatic N) is 2. The van der Waals surface area contributed by atoms with Crippen molar-refractivity contribution in [2.24, 2.45) is 17.1 Å². The van der Waals surface area contributed by atoms with Gasteiger partial charge in [-0.25, -0.2) is 0 Å². The van der Waals surface area contributed by atoms with E-state index in [4.69, 9.17) is 5.73 Å². The van der Waals surface area contributed by atoms with Gasteiger partial charge in [-0.15, -0.1) is 0 Å². The van der Waals surface area contributed by atoms with Gasteiger partial charge in [0.1, 0.15) is 0 Å². The highest BCUT2D eigenvalue weighted by Crippen LogP contribution is 2.40. The molecule has 2 aliphatic rings. The Morgan fingerprint density at radius 2 is 2.05 bits per heavy atom. The van der Waals surface area contributed by atoms with Crippen molar-refractivity contribution in [3.8, 4) is 0 Å². The summed E-state index contributed by atoms with van der Waals surface area (Å²) in [5.41, 5.74) is 6.60. The topological polar surface area (TPSA) is 32.5 Å². The summed E-state index contributed by atoms with van der Waals surface area (Å²) >= 11 is 0. The van der Waals surface area contributed by atoms with E-state index in [1.54, 1.807) is 0 Å². The number of nitrogens with two attached hydrogens (primary N) is 1. The molecule has 0 bridgehead atoms. The Bertz CT molecular complexity index is 279. The maximum absolute atomic E-state index is 6.19. The average molecular weight is 267 g/mol.